The second-order valence-electron chi connectivity index (χ2n) is 4.08. The van der Waals surface area contributed by atoms with E-state index in [2.05, 4.69) is 23.7 Å². The first-order valence-corrected chi connectivity index (χ1v) is 5.16. The van der Waals surface area contributed by atoms with Crippen LogP contribution < -0.4 is 10.5 Å². The largest absolute Gasteiger partial charge is 0.353 e. The minimum Gasteiger partial charge on any atom is -0.353 e. The molecule has 0 aliphatic carbocycles. The van der Waals surface area contributed by atoms with Gasteiger partial charge in [-0.1, -0.05) is 6.07 Å². The second kappa shape index (κ2) is 3.48. The van der Waals surface area contributed by atoms with Crippen molar-refractivity contribution < 1.29 is 0 Å². The SMILES string of the molecule is C[C@@H]1CC[C@@H](C)N1c1cccc(=O)[nH]1. The van der Waals surface area contributed by atoms with Gasteiger partial charge in [-0.15, -0.1) is 0 Å². The van der Waals surface area contributed by atoms with Crippen LogP contribution in [0, 0.1) is 0 Å². The van der Waals surface area contributed by atoms with E-state index in [1.54, 1.807) is 6.07 Å². The molecule has 3 nitrogen and oxygen atoms in total. The molecule has 76 valence electrons. The highest BCUT2D eigenvalue weighted by molar-refractivity contribution is 5.41. The predicted octanol–water partition coefficient (Wildman–Crippen LogP) is 1.75. The molecule has 2 rings (SSSR count). The van der Waals surface area contributed by atoms with Crippen molar-refractivity contribution in [2.75, 3.05) is 4.90 Å². The quantitative estimate of drug-likeness (QED) is 0.736. The van der Waals surface area contributed by atoms with Crippen molar-refractivity contribution in [2.45, 2.75) is 38.8 Å². The number of nitrogens with one attached hydrogen (secondary N) is 1. The lowest BCUT2D eigenvalue weighted by atomic mass is 10.2. The van der Waals surface area contributed by atoms with Gasteiger partial charge in [0.1, 0.15) is 5.82 Å². The Hall–Kier alpha value is -1.25. The van der Waals surface area contributed by atoms with Crippen LogP contribution in [-0.2, 0) is 0 Å². The van der Waals surface area contributed by atoms with Crippen LogP contribution >= 0.6 is 0 Å². The number of aromatic amines is 1. The summed E-state index contributed by atoms with van der Waals surface area (Å²) >= 11 is 0. The Bertz CT molecular complexity index is 362. The third kappa shape index (κ3) is 1.54. The second-order valence-corrected chi connectivity index (χ2v) is 4.08. The van der Waals surface area contributed by atoms with Gasteiger partial charge in [-0.25, -0.2) is 0 Å². The molecule has 1 aromatic rings. The number of nitrogens with zero attached hydrogens (tertiary/aromatic N) is 1. The summed E-state index contributed by atoms with van der Waals surface area (Å²) in [5.41, 5.74) is -0.0196. The average molecular weight is 192 g/mol. The van der Waals surface area contributed by atoms with E-state index in [4.69, 9.17) is 0 Å². The number of hydrogen-bond donors (Lipinski definition) is 1. The molecule has 1 aliphatic rings. The van der Waals surface area contributed by atoms with Crippen LogP contribution in [0.4, 0.5) is 5.82 Å². The maximum absolute atomic E-state index is 11.2. The van der Waals surface area contributed by atoms with E-state index in [0.717, 1.165) is 5.82 Å². The molecule has 0 amide bonds. The standard InChI is InChI=1S/C11H16N2O/c1-8-6-7-9(2)13(8)10-4-3-5-11(14)12-10/h3-5,8-9H,6-7H2,1-2H3,(H,12,14)/t8-,9-/m1/s1. The van der Waals surface area contributed by atoms with Crippen LogP contribution in [0.2, 0.25) is 0 Å². The fourth-order valence-corrected chi connectivity index (χ4v) is 2.26. The molecule has 1 fully saturated rings. The molecule has 1 N–H and O–H groups in total. The van der Waals surface area contributed by atoms with Crippen molar-refractivity contribution in [3.05, 3.63) is 28.6 Å². The monoisotopic (exact) mass is 192 g/mol. The molecule has 0 aromatic carbocycles. The lowest BCUT2D eigenvalue weighted by Gasteiger charge is -2.27. The number of hydrogen-bond acceptors (Lipinski definition) is 2. The highest BCUT2D eigenvalue weighted by atomic mass is 16.1. The summed E-state index contributed by atoms with van der Waals surface area (Å²) in [6.07, 6.45) is 2.41. The molecule has 2 heterocycles. The van der Waals surface area contributed by atoms with Crippen LogP contribution in [0.3, 0.4) is 0 Å². The van der Waals surface area contributed by atoms with Crippen LogP contribution in [0.25, 0.3) is 0 Å². The Morgan fingerprint density at radius 2 is 1.93 bits per heavy atom. The fourth-order valence-electron chi connectivity index (χ4n) is 2.26. The van der Waals surface area contributed by atoms with Gasteiger partial charge in [0.2, 0.25) is 5.56 Å². The molecule has 1 aromatic heterocycles. The van der Waals surface area contributed by atoms with E-state index in [-0.39, 0.29) is 5.56 Å². The van der Waals surface area contributed by atoms with Crippen molar-refractivity contribution >= 4 is 5.82 Å². The number of pyridine rings is 1. The van der Waals surface area contributed by atoms with Gasteiger partial charge in [0, 0.05) is 18.2 Å². The summed E-state index contributed by atoms with van der Waals surface area (Å²) in [5, 5.41) is 0. The molecule has 0 spiro atoms. The summed E-state index contributed by atoms with van der Waals surface area (Å²) in [5.74, 6) is 0.954. The summed E-state index contributed by atoms with van der Waals surface area (Å²) in [7, 11) is 0. The highest BCUT2D eigenvalue weighted by Gasteiger charge is 2.27. The van der Waals surface area contributed by atoms with E-state index in [1.807, 2.05) is 12.1 Å². The lowest BCUT2D eigenvalue weighted by molar-refractivity contribution is 0.682. The molecule has 1 saturated heterocycles. The van der Waals surface area contributed by atoms with Gasteiger partial charge in [-0.05, 0) is 32.8 Å². The minimum atomic E-state index is -0.0196. The first-order valence-electron chi connectivity index (χ1n) is 5.16. The molecule has 0 unspecified atom stereocenters. The molecule has 14 heavy (non-hydrogen) atoms. The van der Waals surface area contributed by atoms with E-state index >= 15 is 0 Å². The Morgan fingerprint density at radius 1 is 1.29 bits per heavy atom. The molecular formula is C11H16N2O. The van der Waals surface area contributed by atoms with Crippen LogP contribution in [0.1, 0.15) is 26.7 Å². The number of anilines is 1. The van der Waals surface area contributed by atoms with Crippen molar-refractivity contribution in [1.29, 1.82) is 0 Å². The average Bonchev–Trinajstić information content (AvgIpc) is 2.46. The van der Waals surface area contributed by atoms with Crippen molar-refractivity contribution in [1.82, 2.24) is 4.98 Å². The zero-order valence-corrected chi connectivity index (χ0v) is 8.66. The normalized spacial score (nSPS) is 26.9. The van der Waals surface area contributed by atoms with E-state index in [9.17, 15) is 4.79 Å². The van der Waals surface area contributed by atoms with Crippen molar-refractivity contribution in [2.24, 2.45) is 0 Å². The molecule has 0 radical (unpaired) electrons. The summed E-state index contributed by atoms with van der Waals surface area (Å²) in [6, 6.07) is 6.40. The van der Waals surface area contributed by atoms with Crippen LogP contribution in [0.5, 0.6) is 0 Å². The zero-order valence-electron chi connectivity index (χ0n) is 8.66. The van der Waals surface area contributed by atoms with E-state index in [0.29, 0.717) is 12.1 Å². The first kappa shape index (κ1) is 9.31. The Labute approximate surface area is 83.8 Å². The lowest BCUT2D eigenvalue weighted by Crippen LogP contribution is -2.34. The Morgan fingerprint density at radius 3 is 2.50 bits per heavy atom. The van der Waals surface area contributed by atoms with Crippen molar-refractivity contribution in [3.63, 3.8) is 0 Å². The van der Waals surface area contributed by atoms with Gasteiger partial charge < -0.3 is 9.88 Å². The minimum absolute atomic E-state index is 0.0196. The summed E-state index contributed by atoms with van der Waals surface area (Å²) in [4.78, 5) is 16.4. The predicted molar refractivity (Wildman–Crippen MR) is 57.7 cm³/mol. The number of rotatable bonds is 1. The third-order valence-electron chi connectivity index (χ3n) is 2.98. The molecule has 3 heteroatoms. The van der Waals surface area contributed by atoms with Crippen LogP contribution in [-0.4, -0.2) is 17.1 Å². The number of H-pyrrole nitrogens is 1. The smallest absolute Gasteiger partial charge is 0.249 e. The van der Waals surface area contributed by atoms with E-state index < -0.39 is 0 Å². The molecular weight excluding hydrogens is 176 g/mol. The zero-order chi connectivity index (χ0) is 10.1. The number of aromatic nitrogens is 1. The molecule has 0 saturated carbocycles. The molecule has 0 bridgehead atoms. The van der Waals surface area contributed by atoms with Crippen LogP contribution in [0.15, 0.2) is 23.0 Å². The van der Waals surface area contributed by atoms with Gasteiger partial charge in [-0.2, -0.15) is 0 Å². The Balaban J connectivity index is 2.34. The van der Waals surface area contributed by atoms with Gasteiger partial charge in [0.15, 0.2) is 0 Å². The topological polar surface area (TPSA) is 36.1 Å². The van der Waals surface area contributed by atoms with Gasteiger partial charge in [0.25, 0.3) is 0 Å². The fraction of sp³-hybridized carbons (Fsp3) is 0.545. The summed E-state index contributed by atoms with van der Waals surface area (Å²) < 4.78 is 0. The third-order valence-corrected chi connectivity index (χ3v) is 2.98. The van der Waals surface area contributed by atoms with E-state index in [1.165, 1.54) is 12.8 Å². The maximum atomic E-state index is 11.2. The van der Waals surface area contributed by atoms with Crippen molar-refractivity contribution in [3.8, 4) is 0 Å². The first-order chi connectivity index (χ1) is 6.68. The van der Waals surface area contributed by atoms with Gasteiger partial charge in [-0.3, -0.25) is 4.79 Å². The Kier molecular flexibility index (Phi) is 2.32. The molecule has 2 atom stereocenters. The molecule has 1 aliphatic heterocycles. The maximum Gasteiger partial charge on any atom is 0.249 e. The summed E-state index contributed by atoms with van der Waals surface area (Å²) in [6.45, 7) is 4.41. The van der Waals surface area contributed by atoms with Gasteiger partial charge in [0.05, 0.1) is 0 Å². The van der Waals surface area contributed by atoms with Gasteiger partial charge >= 0.3 is 0 Å². The highest BCUT2D eigenvalue weighted by Crippen LogP contribution is 2.27.